The molecule has 0 aliphatic heterocycles. The first-order valence-electron chi connectivity index (χ1n) is 13.7. The van der Waals surface area contributed by atoms with Gasteiger partial charge in [-0.15, -0.1) is 13.2 Å². The fraction of sp³-hybridized carbons (Fsp3) is 0.567. The monoisotopic (exact) mass is 623 g/mol. The van der Waals surface area contributed by atoms with Crippen LogP contribution >= 0.6 is 0 Å². The van der Waals surface area contributed by atoms with Gasteiger partial charge in [0.25, 0.3) is 0 Å². The zero-order valence-corrected chi connectivity index (χ0v) is 24.9. The van der Waals surface area contributed by atoms with Crippen LogP contribution in [0.15, 0.2) is 42.5 Å². The lowest BCUT2D eigenvalue weighted by atomic mass is 9.89. The molecule has 0 saturated heterocycles. The van der Waals surface area contributed by atoms with Crippen molar-refractivity contribution in [2.75, 3.05) is 27.1 Å². The number of ether oxygens (including phenoxy) is 5. The summed E-state index contributed by atoms with van der Waals surface area (Å²) in [6, 6.07) is 9.15. The fourth-order valence-corrected chi connectivity index (χ4v) is 4.20. The Morgan fingerprint density at radius 2 is 1.63 bits per heavy atom. The molecule has 0 aliphatic carbocycles. The van der Waals surface area contributed by atoms with Gasteiger partial charge in [0.2, 0.25) is 0 Å². The van der Waals surface area contributed by atoms with E-state index >= 15 is 0 Å². The number of hydrogen-bond acceptors (Lipinski definition) is 6. The summed E-state index contributed by atoms with van der Waals surface area (Å²) in [5.74, 6) is -0.734. The zero-order chi connectivity index (χ0) is 32.3. The van der Waals surface area contributed by atoms with Crippen LogP contribution in [0.4, 0.5) is 31.1 Å². The van der Waals surface area contributed by atoms with E-state index in [9.17, 15) is 31.1 Å². The van der Waals surface area contributed by atoms with Crippen molar-refractivity contribution < 1.29 is 54.8 Å². The molecule has 0 bridgehead atoms. The maximum atomic E-state index is 14.0. The quantitative estimate of drug-likeness (QED) is 0.124. The second-order valence-electron chi connectivity index (χ2n) is 11.0. The minimum atomic E-state index is -4.83. The molecule has 1 amide bonds. The molecule has 2 aromatic rings. The molecule has 0 heterocycles. The van der Waals surface area contributed by atoms with Gasteiger partial charge in [-0.05, 0) is 88.3 Å². The summed E-state index contributed by atoms with van der Waals surface area (Å²) >= 11 is 0. The number of benzene rings is 2. The van der Waals surface area contributed by atoms with Gasteiger partial charge in [0.1, 0.15) is 23.9 Å². The SMILES string of the molecule is CCC(CCc1ccc(OCCCc2cccc(OC(F)(F)F)c2)c(C(F)(F)F)c1)(COCOC)NC(=O)OC(C)(C)C. The predicted molar refractivity (Wildman–Crippen MR) is 147 cm³/mol. The first-order chi connectivity index (χ1) is 20.0. The first kappa shape index (κ1) is 36.0. The molecule has 0 spiro atoms. The van der Waals surface area contributed by atoms with Crippen molar-refractivity contribution in [3.63, 3.8) is 0 Å². The standard InChI is InChI=1S/C30H39F6NO6/c1-6-28(19-40-20-39-5,37-26(38)43-27(2,3)4)15-14-22-12-13-25(24(18-22)29(31,32)33)41-16-8-10-21-9-7-11-23(17-21)42-30(34,35)36/h7,9,11-13,17-18H,6,8,10,14-16,19-20H2,1-5H3,(H,37,38). The average Bonchev–Trinajstić information content (AvgIpc) is 2.87. The predicted octanol–water partition coefficient (Wildman–Crippen LogP) is 7.84. The number of halogens is 6. The highest BCUT2D eigenvalue weighted by Gasteiger charge is 2.36. The summed E-state index contributed by atoms with van der Waals surface area (Å²) in [7, 11) is 1.45. The van der Waals surface area contributed by atoms with Crippen molar-refractivity contribution in [3.8, 4) is 11.5 Å². The number of carbonyl (C=O) groups excluding carboxylic acids is 1. The number of hydrogen-bond donors (Lipinski definition) is 1. The Balaban J connectivity index is 2.11. The lowest BCUT2D eigenvalue weighted by Gasteiger charge is -2.34. The lowest BCUT2D eigenvalue weighted by Crippen LogP contribution is -2.53. The third kappa shape index (κ3) is 13.3. The van der Waals surface area contributed by atoms with Crippen LogP contribution in [-0.4, -0.2) is 50.7 Å². The molecule has 1 N–H and O–H groups in total. The smallest absolute Gasteiger partial charge is 0.493 e. The highest BCUT2D eigenvalue weighted by Crippen LogP contribution is 2.37. The summed E-state index contributed by atoms with van der Waals surface area (Å²) in [4.78, 5) is 12.6. The number of carbonyl (C=O) groups is 1. The van der Waals surface area contributed by atoms with Gasteiger partial charge in [-0.3, -0.25) is 0 Å². The summed E-state index contributed by atoms with van der Waals surface area (Å²) in [6.07, 6.45) is -8.84. The number of methoxy groups -OCH3 is 1. The largest absolute Gasteiger partial charge is 0.573 e. The molecule has 2 rings (SSSR count). The summed E-state index contributed by atoms with van der Waals surface area (Å²) in [6.45, 7) is 6.90. The molecule has 1 unspecified atom stereocenters. The van der Waals surface area contributed by atoms with Crippen molar-refractivity contribution >= 4 is 6.09 Å². The van der Waals surface area contributed by atoms with Crippen molar-refractivity contribution in [2.24, 2.45) is 0 Å². The van der Waals surface area contributed by atoms with Crippen molar-refractivity contribution in [3.05, 3.63) is 59.2 Å². The topological polar surface area (TPSA) is 75.3 Å². The minimum Gasteiger partial charge on any atom is -0.493 e. The molecule has 0 aromatic heterocycles. The fourth-order valence-electron chi connectivity index (χ4n) is 4.20. The summed E-state index contributed by atoms with van der Waals surface area (Å²) < 4.78 is 104. The van der Waals surface area contributed by atoms with Crippen LogP contribution in [0, 0.1) is 0 Å². The van der Waals surface area contributed by atoms with Crippen molar-refractivity contribution in [1.29, 1.82) is 0 Å². The number of nitrogens with one attached hydrogen (secondary N) is 1. The molecule has 7 nitrogen and oxygen atoms in total. The molecule has 0 aliphatic rings. The van der Waals surface area contributed by atoms with Crippen LogP contribution < -0.4 is 14.8 Å². The van der Waals surface area contributed by atoms with Gasteiger partial charge in [-0.2, -0.15) is 13.2 Å². The second-order valence-corrected chi connectivity index (χ2v) is 11.0. The Labute approximate surface area is 247 Å². The van der Waals surface area contributed by atoms with E-state index < -0.39 is 35.3 Å². The third-order valence-corrected chi connectivity index (χ3v) is 6.26. The Hall–Kier alpha value is -3.19. The van der Waals surface area contributed by atoms with E-state index in [1.54, 1.807) is 26.8 Å². The molecular weight excluding hydrogens is 584 g/mol. The van der Waals surface area contributed by atoms with E-state index in [-0.39, 0.29) is 57.2 Å². The minimum absolute atomic E-state index is 0.0330. The van der Waals surface area contributed by atoms with Crippen LogP contribution in [0.5, 0.6) is 11.5 Å². The maximum Gasteiger partial charge on any atom is 0.573 e. The maximum absolute atomic E-state index is 14.0. The van der Waals surface area contributed by atoms with E-state index in [1.165, 1.54) is 31.4 Å². The van der Waals surface area contributed by atoms with Crippen molar-refractivity contribution in [2.45, 2.75) is 83.5 Å². The number of amides is 1. The molecule has 0 fully saturated rings. The molecule has 242 valence electrons. The molecular formula is C30H39F6NO6. The number of alkyl halides is 6. The first-order valence-corrected chi connectivity index (χ1v) is 13.7. The highest BCUT2D eigenvalue weighted by atomic mass is 19.4. The Kier molecular flexibility index (Phi) is 13.0. The Bertz CT molecular complexity index is 1170. The van der Waals surface area contributed by atoms with Crippen LogP contribution in [0.2, 0.25) is 0 Å². The third-order valence-electron chi connectivity index (χ3n) is 6.26. The normalized spacial score (nSPS) is 13.7. The molecule has 43 heavy (non-hydrogen) atoms. The Morgan fingerprint density at radius 3 is 2.23 bits per heavy atom. The highest BCUT2D eigenvalue weighted by molar-refractivity contribution is 5.68. The Morgan fingerprint density at radius 1 is 0.930 bits per heavy atom. The van der Waals surface area contributed by atoms with Crippen molar-refractivity contribution in [1.82, 2.24) is 5.32 Å². The van der Waals surface area contributed by atoms with Gasteiger partial charge >= 0.3 is 18.6 Å². The molecule has 0 radical (unpaired) electrons. The van der Waals surface area contributed by atoms with E-state index in [0.29, 0.717) is 17.5 Å². The van der Waals surface area contributed by atoms with Crippen LogP contribution in [0.3, 0.4) is 0 Å². The molecule has 1 atom stereocenters. The van der Waals surface area contributed by atoms with E-state index in [4.69, 9.17) is 18.9 Å². The van der Waals surface area contributed by atoms with Gasteiger partial charge in [0.15, 0.2) is 0 Å². The van der Waals surface area contributed by atoms with Crippen LogP contribution in [0.25, 0.3) is 0 Å². The van der Waals surface area contributed by atoms with E-state index in [2.05, 4.69) is 10.1 Å². The van der Waals surface area contributed by atoms with Gasteiger partial charge < -0.3 is 29.0 Å². The molecule has 0 saturated carbocycles. The van der Waals surface area contributed by atoms with Gasteiger partial charge in [0, 0.05) is 7.11 Å². The summed E-state index contributed by atoms with van der Waals surface area (Å²) in [5, 5.41) is 2.83. The van der Waals surface area contributed by atoms with Crippen LogP contribution in [-0.2, 0) is 33.2 Å². The molecule has 13 heteroatoms. The number of alkyl carbamates (subject to hydrolysis) is 1. The number of rotatable bonds is 15. The summed E-state index contributed by atoms with van der Waals surface area (Å²) in [5.41, 5.74) is -1.75. The second kappa shape index (κ2) is 15.5. The van der Waals surface area contributed by atoms with Gasteiger partial charge in [0.05, 0.1) is 24.3 Å². The van der Waals surface area contributed by atoms with Crippen LogP contribution in [0.1, 0.15) is 63.6 Å². The molecule has 2 aromatic carbocycles. The van der Waals surface area contributed by atoms with E-state index in [1.807, 2.05) is 6.92 Å². The lowest BCUT2D eigenvalue weighted by molar-refractivity contribution is -0.274. The van der Waals surface area contributed by atoms with Gasteiger partial charge in [-0.1, -0.05) is 25.1 Å². The van der Waals surface area contributed by atoms with Gasteiger partial charge in [-0.25, -0.2) is 4.79 Å². The zero-order valence-electron chi connectivity index (χ0n) is 24.9. The average molecular weight is 624 g/mol. The van der Waals surface area contributed by atoms with E-state index in [0.717, 1.165) is 12.1 Å². The number of aryl methyl sites for hydroxylation is 2.